The summed E-state index contributed by atoms with van der Waals surface area (Å²) in [5, 5.41) is 15.1. The molecule has 0 spiro atoms. The second kappa shape index (κ2) is 17.8. The summed E-state index contributed by atoms with van der Waals surface area (Å²) in [6, 6.07) is 23.7. The fourth-order valence-electron chi connectivity index (χ4n) is 6.36. The number of ether oxygens (including phenoxy) is 3. The van der Waals surface area contributed by atoms with Crippen LogP contribution in [-0.4, -0.2) is 79.6 Å². The van der Waals surface area contributed by atoms with Crippen molar-refractivity contribution >= 4 is 53.8 Å². The molecule has 2 aliphatic heterocycles. The molecule has 4 aromatic rings. The third-order valence-electron chi connectivity index (χ3n) is 9.00. The molecule has 0 saturated carbocycles. The highest BCUT2D eigenvalue weighted by atomic mass is 35.5. The first-order chi connectivity index (χ1) is 21.1. The molecule has 1 N–H and O–H groups in total. The lowest BCUT2D eigenvalue weighted by Crippen LogP contribution is -2.38. The molecule has 1 aromatic heterocycles. The highest BCUT2D eigenvalue weighted by molar-refractivity contribution is 6.00. The number of piperidine rings is 1. The summed E-state index contributed by atoms with van der Waals surface area (Å²) in [4.78, 5) is 4.99. The van der Waals surface area contributed by atoms with Gasteiger partial charge in [0.15, 0.2) is 5.82 Å². The Morgan fingerprint density at radius 3 is 2.09 bits per heavy atom. The molecule has 2 saturated heterocycles. The minimum Gasteiger partial charge on any atom is -0.497 e. The molecule has 2 aliphatic rings. The third kappa shape index (κ3) is 9.07. The monoisotopic (exact) mass is 689 g/mol. The number of halogens is 3. The molecule has 1 unspecified atom stereocenters. The van der Waals surface area contributed by atoms with E-state index in [1.807, 2.05) is 30.3 Å². The molecular formula is C35H46Cl3N5O3. The first-order valence-corrected chi connectivity index (χ1v) is 15.5. The minimum atomic E-state index is 0. The van der Waals surface area contributed by atoms with Gasteiger partial charge < -0.3 is 24.4 Å². The number of nitrogens with zero attached hydrogens (tertiary/aromatic N) is 4. The van der Waals surface area contributed by atoms with E-state index in [4.69, 9.17) is 14.2 Å². The molecule has 0 amide bonds. The van der Waals surface area contributed by atoms with Crippen LogP contribution in [0.4, 0.5) is 5.82 Å². The van der Waals surface area contributed by atoms with Gasteiger partial charge in [-0.1, -0.05) is 12.1 Å². The summed E-state index contributed by atoms with van der Waals surface area (Å²) in [5.41, 5.74) is 3.17. The summed E-state index contributed by atoms with van der Waals surface area (Å²) in [6.07, 6.45) is 5.79. The molecule has 0 aliphatic carbocycles. The molecule has 46 heavy (non-hydrogen) atoms. The van der Waals surface area contributed by atoms with Crippen LogP contribution in [0.2, 0.25) is 0 Å². The zero-order chi connectivity index (χ0) is 29.6. The number of rotatable bonds is 11. The molecule has 6 rings (SSSR count). The van der Waals surface area contributed by atoms with Gasteiger partial charge in [-0.2, -0.15) is 0 Å². The fourth-order valence-corrected chi connectivity index (χ4v) is 6.36. The number of nitrogens with one attached hydrogen (secondary N) is 1. The van der Waals surface area contributed by atoms with Gasteiger partial charge in [-0.3, -0.25) is 4.90 Å². The SMILES string of the molecule is COc1ccc(-c2nnc(NC3CCN(Cc4ccc(OCCC5CCCN5C)cc4)CC3)c3cc(OC)ccc23)cc1.Cl.Cl.Cl. The van der Waals surface area contributed by atoms with E-state index < -0.39 is 0 Å². The maximum absolute atomic E-state index is 6.05. The molecular weight excluding hydrogens is 645 g/mol. The molecule has 0 bridgehead atoms. The van der Waals surface area contributed by atoms with Crippen molar-refractivity contribution in [2.75, 3.05) is 52.8 Å². The first kappa shape index (κ1) is 37.4. The van der Waals surface area contributed by atoms with E-state index in [0.717, 1.165) is 90.6 Å². The molecule has 3 heterocycles. The Labute approximate surface area is 291 Å². The van der Waals surface area contributed by atoms with Crippen molar-refractivity contribution in [3.63, 3.8) is 0 Å². The van der Waals surface area contributed by atoms with Crippen molar-refractivity contribution in [2.45, 2.75) is 50.7 Å². The maximum Gasteiger partial charge on any atom is 0.156 e. The standard InChI is InChI=1S/C35H43N5O3.3ClH/c1-39-19-4-5-28(39)18-22-43-30-10-6-25(7-11-30)24-40-20-16-27(17-21-40)36-35-33-23-31(42-3)14-15-32(33)34(37-38-35)26-8-12-29(41-2)13-9-26;;;/h6-15,23,27-28H,4-5,16-22,24H2,1-3H3,(H,36,38);3*1H. The smallest absolute Gasteiger partial charge is 0.156 e. The predicted octanol–water partition coefficient (Wildman–Crippen LogP) is 7.52. The molecule has 3 aromatic carbocycles. The van der Waals surface area contributed by atoms with Crippen LogP contribution in [-0.2, 0) is 6.54 Å². The van der Waals surface area contributed by atoms with Gasteiger partial charge in [-0.25, -0.2) is 0 Å². The molecule has 1 atom stereocenters. The van der Waals surface area contributed by atoms with E-state index >= 15 is 0 Å². The van der Waals surface area contributed by atoms with Gasteiger partial charge in [-0.05, 0) is 106 Å². The molecule has 11 heteroatoms. The summed E-state index contributed by atoms with van der Waals surface area (Å²) in [7, 11) is 5.59. The number of hydrogen-bond acceptors (Lipinski definition) is 8. The number of likely N-dealkylation sites (tertiary alicyclic amines) is 2. The van der Waals surface area contributed by atoms with E-state index in [0.29, 0.717) is 12.1 Å². The van der Waals surface area contributed by atoms with Gasteiger partial charge in [0, 0.05) is 48.1 Å². The molecule has 8 nitrogen and oxygen atoms in total. The number of fused-ring (bicyclic) bond motifs is 1. The zero-order valence-corrected chi connectivity index (χ0v) is 29.3. The molecule has 2 fully saturated rings. The topological polar surface area (TPSA) is 72.0 Å². The summed E-state index contributed by atoms with van der Waals surface area (Å²) >= 11 is 0. The lowest BCUT2D eigenvalue weighted by atomic mass is 10.0. The summed E-state index contributed by atoms with van der Waals surface area (Å²) < 4.78 is 16.9. The van der Waals surface area contributed by atoms with Crippen LogP contribution in [0.3, 0.4) is 0 Å². The summed E-state index contributed by atoms with van der Waals surface area (Å²) in [6.45, 7) is 5.01. The minimum absolute atomic E-state index is 0. The third-order valence-corrected chi connectivity index (χ3v) is 9.00. The fraction of sp³-hybridized carbons (Fsp3) is 0.429. The van der Waals surface area contributed by atoms with Crippen molar-refractivity contribution < 1.29 is 14.2 Å². The molecule has 0 radical (unpaired) electrons. The van der Waals surface area contributed by atoms with Crippen molar-refractivity contribution in [3.8, 4) is 28.5 Å². The van der Waals surface area contributed by atoms with Crippen LogP contribution in [0.1, 0.15) is 37.7 Å². The van der Waals surface area contributed by atoms with E-state index in [1.54, 1.807) is 14.2 Å². The second-order valence-corrected chi connectivity index (χ2v) is 11.8. The van der Waals surface area contributed by atoms with Crippen LogP contribution in [0.15, 0.2) is 66.7 Å². The number of anilines is 1. The average Bonchev–Trinajstić information content (AvgIpc) is 3.47. The predicted molar refractivity (Wildman–Crippen MR) is 194 cm³/mol. The number of aromatic nitrogens is 2. The van der Waals surface area contributed by atoms with Crippen LogP contribution >= 0.6 is 37.2 Å². The lowest BCUT2D eigenvalue weighted by Gasteiger charge is -2.32. The van der Waals surface area contributed by atoms with Crippen LogP contribution in [0.5, 0.6) is 17.2 Å². The Morgan fingerprint density at radius 2 is 1.43 bits per heavy atom. The quantitative estimate of drug-likeness (QED) is 0.173. The van der Waals surface area contributed by atoms with Crippen LogP contribution in [0.25, 0.3) is 22.0 Å². The van der Waals surface area contributed by atoms with E-state index in [9.17, 15) is 0 Å². The Hall–Kier alpha value is -3.01. The van der Waals surface area contributed by atoms with E-state index in [2.05, 4.69) is 68.8 Å². The normalized spacial score (nSPS) is 17.0. The van der Waals surface area contributed by atoms with Gasteiger partial charge >= 0.3 is 0 Å². The number of hydrogen-bond donors (Lipinski definition) is 1. The Bertz CT molecular complexity index is 1500. The highest BCUT2D eigenvalue weighted by Gasteiger charge is 2.22. The average molecular weight is 691 g/mol. The number of methoxy groups -OCH3 is 2. The van der Waals surface area contributed by atoms with Gasteiger partial charge in [0.2, 0.25) is 0 Å². The maximum atomic E-state index is 6.05. The zero-order valence-electron chi connectivity index (χ0n) is 26.8. The lowest BCUT2D eigenvalue weighted by molar-refractivity contribution is 0.211. The van der Waals surface area contributed by atoms with Crippen molar-refractivity contribution in [2.24, 2.45) is 0 Å². The Morgan fingerprint density at radius 1 is 0.761 bits per heavy atom. The second-order valence-electron chi connectivity index (χ2n) is 11.8. The van der Waals surface area contributed by atoms with Crippen LogP contribution < -0.4 is 19.5 Å². The first-order valence-electron chi connectivity index (χ1n) is 15.5. The largest absolute Gasteiger partial charge is 0.497 e. The van der Waals surface area contributed by atoms with Crippen molar-refractivity contribution in [3.05, 3.63) is 72.3 Å². The van der Waals surface area contributed by atoms with Gasteiger partial charge in [0.25, 0.3) is 0 Å². The van der Waals surface area contributed by atoms with E-state index in [1.165, 1.54) is 24.9 Å². The molecule has 250 valence electrons. The van der Waals surface area contributed by atoms with Gasteiger partial charge in [0.1, 0.15) is 22.9 Å². The van der Waals surface area contributed by atoms with Crippen molar-refractivity contribution in [1.29, 1.82) is 0 Å². The Balaban J connectivity index is 0.00000192. The highest BCUT2D eigenvalue weighted by Crippen LogP contribution is 2.34. The van der Waals surface area contributed by atoms with Crippen LogP contribution in [0, 0.1) is 0 Å². The van der Waals surface area contributed by atoms with Crippen molar-refractivity contribution in [1.82, 2.24) is 20.0 Å². The van der Waals surface area contributed by atoms with E-state index in [-0.39, 0.29) is 37.2 Å². The van der Waals surface area contributed by atoms with Gasteiger partial charge in [-0.15, -0.1) is 47.4 Å². The summed E-state index contributed by atoms with van der Waals surface area (Å²) in [5.74, 6) is 3.39. The number of benzene rings is 3. The van der Waals surface area contributed by atoms with Gasteiger partial charge in [0.05, 0.1) is 20.8 Å². The Kier molecular flexibility index (Phi) is 14.5.